The van der Waals surface area contributed by atoms with Gasteiger partial charge in [0, 0.05) is 36.5 Å². The molecule has 5 N–H and O–H groups in total. The molecule has 1 aromatic carbocycles. The zero-order chi connectivity index (χ0) is 26.6. The molecule has 0 saturated carbocycles. The lowest BCUT2D eigenvalue weighted by Gasteiger charge is -2.28. The summed E-state index contributed by atoms with van der Waals surface area (Å²) in [5, 5.41) is 26.5. The fourth-order valence-corrected chi connectivity index (χ4v) is 4.78. The second-order valence-electron chi connectivity index (χ2n) is 8.54. The van der Waals surface area contributed by atoms with E-state index in [4.69, 9.17) is 0 Å². The minimum atomic E-state index is -2.99. The number of nitrogens with one attached hydrogen (secondary N) is 3. The van der Waals surface area contributed by atoms with Crippen LogP contribution < -0.4 is 20.9 Å². The number of pyridine rings is 1. The number of alkyl halides is 2. The second-order valence-corrected chi connectivity index (χ2v) is 9.62. The van der Waals surface area contributed by atoms with Gasteiger partial charge in [-0.1, -0.05) is 23.5 Å². The van der Waals surface area contributed by atoms with E-state index in [2.05, 4.69) is 25.9 Å². The van der Waals surface area contributed by atoms with Crippen molar-refractivity contribution in [1.29, 1.82) is 0 Å². The number of amides is 3. The Labute approximate surface area is 215 Å². The van der Waals surface area contributed by atoms with Crippen molar-refractivity contribution in [2.75, 3.05) is 35.3 Å². The quantitative estimate of drug-likeness (QED) is 0.301. The van der Waals surface area contributed by atoms with Crippen molar-refractivity contribution >= 4 is 39.8 Å². The van der Waals surface area contributed by atoms with Gasteiger partial charge in [0.05, 0.1) is 54.6 Å². The number of rotatable bonds is 8. The van der Waals surface area contributed by atoms with Crippen LogP contribution in [0.25, 0.3) is 0 Å². The molecule has 0 radical (unpaired) electrons. The van der Waals surface area contributed by atoms with Crippen molar-refractivity contribution in [3.8, 4) is 0 Å². The first-order valence-electron chi connectivity index (χ1n) is 11.4. The van der Waals surface area contributed by atoms with Crippen LogP contribution in [0.5, 0.6) is 0 Å². The second kappa shape index (κ2) is 11.2. The number of carbonyl (C=O) groups is 2. The SMILES string of the molecule is CC(F)(F)c1cncc(N2CCc3nc(NC(=O)Nc4ccccc4C(=O)NC(CO)CO)sc3C2)c1. The number of carbonyl (C=O) groups excluding carboxylic acids is 2. The highest BCUT2D eigenvalue weighted by Gasteiger charge is 2.27. The van der Waals surface area contributed by atoms with Gasteiger partial charge in [0.25, 0.3) is 11.8 Å². The van der Waals surface area contributed by atoms with E-state index in [0.29, 0.717) is 30.3 Å². The molecule has 0 fully saturated rings. The summed E-state index contributed by atoms with van der Waals surface area (Å²) >= 11 is 1.28. The number of halogens is 2. The van der Waals surface area contributed by atoms with Crippen molar-refractivity contribution in [3.63, 3.8) is 0 Å². The first-order valence-corrected chi connectivity index (χ1v) is 12.3. The molecule has 2 aromatic heterocycles. The minimum Gasteiger partial charge on any atom is -0.394 e. The Hall–Kier alpha value is -3.68. The van der Waals surface area contributed by atoms with Crippen molar-refractivity contribution in [2.45, 2.75) is 31.9 Å². The fraction of sp³-hybridized carbons (Fsp3) is 0.333. The van der Waals surface area contributed by atoms with Crippen LogP contribution in [0.4, 0.5) is 30.1 Å². The molecule has 4 rings (SSSR count). The summed E-state index contributed by atoms with van der Waals surface area (Å²) in [6, 6.07) is 6.33. The minimum absolute atomic E-state index is 0.156. The van der Waals surface area contributed by atoms with Crippen LogP contribution in [0.3, 0.4) is 0 Å². The van der Waals surface area contributed by atoms with Gasteiger partial charge in [-0.15, -0.1) is 0 Å². The van der Waals surface area contributed by atoms with Gasteiger partial charge in [-0.2, -0.15) is 0 Å². The fourth-order valence-electron chi connectivity index (χ4n) is 3.76. The van der Waals surface area contributed by atoms with E-state index in [1.165, 1.54) is 23.5 Å². The third-order valence-electron chi connectivity index (χ3n) is 5.74. The summed E-state index contributed by atoms with van der Waals surface area (Å²) in [5.41, 5.74) is 1.65. The number of aliphatic hydroxyl groups is 2. The number of para-hydroxylation sites is 1. The highest BCUT2D eigenvalue weighted by molar-refractivity contribution is 7.15. The maximum Gasteiger partial charge on any atom is 0.325 e. The smallest absolute Gasteiger partial charge is 0.325 e. The van der Waals surface area contributed by atoms with E-state index in [0.717, 1.165) is 23.7 Å². The van der Waals surface area contributed by atoms with Crippen LogP contribution in [0, 0.1) is 0 Å². The third-order valence-corrected chi connectivity index (χ3v) is 6.74. The van der Waals surface area contributed by atoms with E-state index in [9.17, 15) is 28.6 Å². The Morgan fingerprint density at radius 1 is 1.19 bits per heavy atom. The summed E-state index contributed by atoms with van der Waals surface area (Å²) in [6.45, 7) is 0.972. The van der Waals surface area contributed by atoms with E-state index in [1.54, 1.807) is 24.4 Å². The highest BCUT2D eigenvalue weighted by Crippen LogP contribution is 2.33. The van der Waals surface area contributed by atoms with Gasteiger partial charge in [0.2, 0.25) is 0 Å². The van der Waals surface area contributed by atoms with Crippen LogP contribution >= 0.6 is 11.3 Å². The number of thiazole rings is 1. The Morgan fingerprint density at radius 3 is 2.68 bits per heavy atom. The lowest BCUT2D eigenvalue weighted by molar-refractivity contribution is 0.0171. The van der Waals surface area contributed by atoms with Crippen LogP contribution in [-0.4, -0.2) is 57.9 Å². The molecule has 37 heavy (non-hydrogen) atoms. The zero-order valence-corrected chi connectivity index (χ0v) is 20.7. The van der Waals surface area contributed by atoms with Crippen molar-refractivity contribution in [2.24, 2.45) is 0 Å². The summed E-state index contributed by atoms with van der Waals surface area (Å²) in [5.74, 6) is -3.55. The molecular weight excluding hydrogens is 506 g/mol. The molecule has 0 saturated heterocycles. The van der Waals surface area contributed by atoms with Crippen LogP contribution in [-0.2, 0) is 18.9 Å². The van der Waals surface area contributed by atoms with Gasteiger partial charge in [-0.05, 0) is 18.2 Å². The zero-order valence-electron chi connectivity index (χ0n) is 19.9. The predicted octanol–water partition coefficient (Wildman–Crippen LogP) is 2.94. The Bertz CT molecular complexity index is 1280. The molecule has 0 atom stereocenters. The summed E-state index contributed by atoms with van der Waals surface area (Å²) < 4.78 is 27.4. The van der Waals surface area contributed by atoms with Gasteiger partial charge in [0.1, 0.15) is 0 Å². The molecule has 0 unspecified atom stereocenters. The van der Waals surface area contributed by atoms with Gasteiger partial charge < -0.3 is 25.7 Å². The molecule has 1 aliphatic rings. The van der Waals surface area contributed by atoms with Crippen LogP contribution in [0.15, 0.2) is 42.7 Å². The number of urea groups is 1. The number of aliphatic hydroxyl groups excluding tert-OH is 2. The summed E-state index contributed by atoms with van der Waals surface area (Å²) in [4.78, 5) is 36.5. The number of hydrogen-bond donors (Lipinski definition) is 5. The molecule has 0 aliphatic carbocycles. The molecule has 0 spiro atoms. The highest BCUT2D eigenvalue weighted by atomic mass is 32.1. The first-order chi connectivity index (χ1) is 17.7. The standard InChI is InChI=1S/C24H26F2N6O4S/c1-24(25,26)14-8-16(10-27-9-14)32-7-6-19-20(11-32)37-23(30-19)31-22(36)29-18-5-3-2-4-17(18)21(35)28-15(12-33)13-34/h2-5,8-10,15,33-34H,6-7,11-13H2,1H3,(H,28,35)(H2,29,30,31,36). The average molecular weight is 533 g/mol. The first kappa shape index (κ1) is 26.4. The lowest BCUT2D eigenvalue weighted by atomic mass is 10.1. The van der Waals surface area contributed by atoms with Crippen LogP contribution in [0.1, 0.15) is 33.4 Å². The number of fused-ring (bicyclic) bond motifs is 1. The molecule has 3 amide bonds. The summed E-state index contributed by atoms with van der Waals surface area (Å²) in [6.07, 6.45) is 3.28. The molecule has 196 valence electrons. The van der Waals surface area contributed by atoms with Gasteiger partial charge in [0.15, 0.2) is 5.13 Å². The summed E-state index contributed by atoms with van der Waals surface area (Å²) in [7, 11) is 0. The molecule has 3 heterocycles. The molecule has 3 aromatic rings. The molecule has 1 aliphatic heterocycles. The largest absolute Gasteiger partial charge is 0.394 e. The van der Waals surface area contributed by atoms with E-state index >= 15 is 0 Å². The molecular formula is C24H26F2N6O4S. The Balaban J connectivity index is 1.42. The predicted molar refractivity (Wildman–Crippen MR) is 135 cm³/mol. The molecule has 13 heteroatoms. The molecule has 0 bridgehead atoms. The van der Waals surface area contributed by atoms with Gasteiger partial charge in [-0.3, -0.25) is 15.1 Å². The van der Waals surface area contributed by atoms with E-state index in [-0.39, 0.29) is 16.8 Å². The van der Waals surface area contributed by atoms with Gasteiger partial charge >= 0.3 is 6.03 Å². The number of anilines is 3. The third kappa shape index (κ3) is 6.37. The van der Waals surface area contributed by atoms with Gasteiger partial charge in [-0.25, -0.2) is 18.6 Å². The van der Waals surface area contributed by atoms with Crippen molar-refractivity contribution in [3.05, 3.63) is 64.4 Å². The lowest BCUT2D eigenvalue weighted by Crippen LogP contribution is -2.40. The number of hydrogen-bond acceptors (Lipinski definition) is 8. The average Bonchev–Trinajstić information content (AvgIpc) is 3.28. The normalized spacial score (nSPS) is 13.3. The topological polar surface area (TPSA) is 140 Å². The number of aromatic nitrogens is 2. The Morgan fingerprint density at radius 2 is 1.95 bits per heavy atom. The van der Waals surface area contributed by atoms with Crippen molar-refractivity contribution < 1.29 is 28.6 Å². The van der Waals surface area contributed by atoms with Crippen molar-refractivity contribution in [1.82, 2.24) is 15.3 Å². The Kier molecular flexibility index (Phi) is 7.95. The van der Waals surface area contributed by atoms with Crippen LogP contribution in [0.2, 0.25) is 0 Å². The monoisotopic (exact) mass is 532 g/mol. The van der Waals surface area contributed by atoms with E-state index in [1.807, 2.05) is 4.90 Å². The number of nitrogens with zero attached hydrogens (tertiary/aromatic N) is 3. The maximum atomic E-state index is 13.7. The van der Waals surface area contributed by atoms with E-state index < -0.39 is 37.1 Å². The maximum absolute atomic E-state index is 13.7. The molecule has 10 nitrogen and oxygen atoms in total. The number of benzene rings is 1.